The second kappa shape index (κ2) is 13.2. The van der Waals surface area contributed by atoms with Crippen molar-refractivity contribution in [2.75, 3.05) is 13.1 Å². The predicted octanol–water partition coefficient (Wildman–Crippen LogP) is 7.36. The van der Waals surface area contributed by atoms with E-state index in [9.17, 15) is 9.18 Å². The van der Waals surface area contributed by atoms with Gasteiger partial charge in [0.25, 0.3) is 0 Å². The Morgan fingerprint density at radius 3 is 2.73 bits per heavy atom. The summed E-state index contributed by atoms with van der Waals surface area (Å²) in [5, 5.41) is 17.1. The van der Waals surface area contributed by atoms with E-state index in [-0.39, 0.29) is 23.8 Å². The number of nitrogens with one attached hydrogen (secondary N) is 1. The lowest BCUT2D eigenvalue weighted by molar-refractivity contribution is -0.136. The summed E-state index contributed by atoms with van der Waals surface area (Å²) in [6, 6.07) is 0. The third-order valence-electron chi connectivity index (χ3n) is 7.87. The van der Waals surface area contributed by atoms with Gasteiger partial charge in [-0.25, -0.2) is 4.39 Å². The van der Waals surface area contributed by atoms with Crippen LogP contribution >= 0.6 is 0 Å². The number of aliphatic carboxylic acids is 1. The van der Waals surface area contributed by atoms with E-state index in [4.69, 9.17) is 9.94 Å². The summed E-state index contributed by atoms with van der Waals surface area (Å²) in [4.78, 5) is 17.0. The summed E-state index contributed by atoms with van der Waals surface area (Å²) >= 11 is 0. The lowest BCUT2D eigenvalue weighted by atomic mass is 9.78. The molecule has 1 heterocycles. The molecule has 202 valence electrons. The number of carboxylic acid groups (broad SMARTS) is 1. The fourth-order valence-electron chi connectivity index (χ4n) is 5.56. The van der Waals surface area contributed by atoms with E-state index in [0.717, 1.165) is 62.1 Å². The van der Waals surface area contributed by atoms with Crippen LogP contribution in [0.25, 0.3) is 0 Å². The summed E-state index contributed by atoms with van der Waals surface area (Å²) in [5.41, 5.74) is 6.65. The number of nitrogens with zero attached hydrogens (tertiary/aromatic N) is 1. The van der Waals surface area contributed by atoms with Gasteiger partial charge in [-0.15, -0.1) is 0 Å². The largest absolute Gasteiger partial charge is 0.481 e. The number of hydrogen-bond acceptors (Lipinski definition) is 4. The lowest BCUT2D eigenvalue weighted by Crippen LogP contribution is -2.34. The minimum atomic E-state index is -0.806. The molecular formula is C31H43FN2O3. The molecule has 0 saturated heterocycles. The summed E-state index contributed by atoms with van der Waals surface area (Å²) in [7, 11) is 0. The molecule has 3 rings (SSSR count). The number of carboxylic acids is 1. The van der Waals surface area contributed by atoms with Gasteiger partial charge in [-0.05, 0) is 82.2 Å². The Morgan fingerprint density at radius 1 is 1.32 bits per heavy atom. The Hall–Kier alpha value is -2.73. The lowest BCUT2D eigenvalue weighted by Gasteiger charge is -2.29. The molecule has 0 radical (unpaired) electrons. The van der Waals surface area contributed by atoms with Gasteiger partial charge >= 0.3 is 5.97 Å². The molecule has 37 heavy (non-hydrogen) atoms. The average molecular weight is 511 g/mol. The van der Waals surface area contributed by atoms with E-state index in [1.165, 1.54) is 16.7 Å². The molecule has 0 bridgehead atoms. The van der Waals surface area contributed by atoms with E-state index in [0.29, 0.717) is 12.3 Å². The van der Waals surface area contributed by atoms with Crippen molar-refractivity contribution in [1.29, 1.82) is 0 Å². The van der Waals surface area contributed by atoms with E-state index in [1.807, 2.05) is 32.1 Å². The van der Waals surface area contributed by atoms with Gasteiger partial charge in [0, 0.05) is 25.3 Å². The first-order valence-corrected chi connectivity index (χ1v) is 13.6. The maximum Gasteiger partial charge on any atom is 0.307 e. The smallest absolute Gasteiger partial charge is 0.307 e. The first-order chi connectivity index (χ1) is 17.7. The molecule has 0 saturated carbocycles. The average Bonchev–Trinajstić information content (AvgIpc) is 3.30. The first kappa shape index (κ1) is 28.8. The molecule has 0 amide bonds. The Balaban J connectivity index is 1.48. The third-order valence-corrected chi connectivity index (χ3v) is 7.87. The quantitative estimate of drug-likeness (QED) is 0.213. The second-order valence-electron chi connectivity index (χ2n) is 10.7. The maximum atomic E-state index is 13.4. The van der Waals surface area contributed by atoms with Gasteiger partial charge in [0.05, 0.1) is 12.1 Å². The topological polar surface area (TPSA) is 70.9 Å². The van der Waals surface area contributed by atoms with Crippen LogP contribution in [0.3, 0.4) is 0 Å². The van der Waals surface area contributed by atoms with Crippen LogP contribution in [0.5, 0.6) is 0 Å². The maximum absolute atomic E-state index is 13.4. The van der Waals surface area contributed by atoms with Crippen LogP contribution in [-0.4, -0.2) is 35.5 Å². The number of oxime groups is 1. The highest BCUT2D eigenvalue weighted by Gasteiger charge is 2.37. The van der Waals surface area contributed by atoms with E-state index >= 15 is 0 Å². The van der Waals surface area contributed by atoms with E-state index < -0.39 is 5.97 Å². The second-order valence-corrected chi connectivity index (χ2v) is 10.7. The third kappa shape index (κ3) is 7.88. The molecule has 0 aromatic carbocycles. The minimum Gasteiger partial charge on any atom is -0.481 e. The SMILES string of the molecule is CC/C(=C\C=C(/C)C1=NOC(CC)(CCNCC2C=C(C)C(C3C=CC(F)=CC3)=C(C)C2)C1)CC(=O)O. The van der Waals surface area contributed by atoms with Crippen molar-refractivity contribution in [3.05, 3.63) is 70.1 Å². The van der Waals surface area contributed by atoms with Gasteiger partial charge in [-0.3, -0.25) is 4.79 Å². The summed E-state index contributed by atoms with van der Waals surface area (Å²) in [6.07, 6.45) is 16.6. The fraction of sp³-hybridized carbons (Fsp3) is 0.548. The van der Waals surface area contributed by atoms with Crippen LogP contribution in [0.15, 0.2) is 75.3 Å². The van der Waals surface area contributed by atoms with Crippen molar-refractivity contribution >= 4 is 11.7 Å². The molecule has 6 heteroatoms. The van der Waals surface area contributed by atoms with Crippen LogP contribution in [0.2, 0.25) is 0 Å². The van der Waals surface area contributed by atoms with Crippen molar-refractivity contribution < 1.29 is 19.1 Å². The molecule has 0 spiro atoms. The normalized spacial score (nSPS) is 26.6. The molecule has 0 fully saturated rings. The number of halogens is 1. The van der Waals surface area contributed by atoms with Crippen molar-refractivity contribution in [3.8, 4) is 0 Å². The molecular weight excluding hydrogens is 467 g/mol. The number of allylic oxidation sites excluding steroid dienone is 10. The fourth-order valence-corrected chi connectivity index (χ4v) is 5.56. The molecule has 5 nitrogen and oxygen atoms in total. The Labute approximate surface area is 221 Å². The molecule has 0 aromatic rings. The van der Waals surface area contributed by atoms with Gasteiger partial charge in [0.1, 0.15) is 11.4 Å². The van der Waals surface area contributed by atoms with Crippen LogP contribution in [0.1, 0.15) is 79.6 Å². The Morgan fingerprint density at radius 2 is 2.11 bits per heavy atom. The highest BCUT2D eigenvalue weighted by molar-refractivity contribution is 6.01. The molecule has 2 aliphatic carbocycles. The molecule has 0 aromatic heterocycles. The van der Waals surface area contributed by atoms with Crippen molar-refractivity contribution in [1.82, 2.24) is 5.32 Å². The van der Waals surface area contributed by atoms with Crippen molar-refractivity contribution in [3.63, 3.8) is 0 Å². The highest BCUT2D eigenvalue weighted by atomic mass is 19.1. The number of carbonyl (C=O) groups is 1. The van der Waals surface area contributed by atoms with Crippen LogP contribution in [0, 0.1) is 11.8 Å². The zero-order valence-corrected chi connectivity index (χ0v) is 23.1. The van der Waals surface area contributed by atoms with Crippen molar-refractivity contribution in [2.45, 2.75) is 85.2 Å². The van der Waals surface area contributed by atoms with Crippen LogP contribution < -0.4 is 5.32 Å². The van der Waals surface area contributed by atoms with Gasteiger partial charge in [-0.1, -0.05) is 60.0 Å². The zero-order valence-electron chi connectivity index (χ0n) is 23.1. The summed E-state index contributed by atoms with van der Waals surface area (Å²) in [5.74, 6) is -0.208. The van der Waals surface area contributed by atoms with Gasteiger partial charge in [0.15, 0.2) is 0 Å². The van der Waals surface area contributed by atoms with Crippen LogP contribution in [0.4, 0.5) is 4.39 Å². The molecule has 1 aliphatic heterocycles. The van der Waals surface area contributed by atoms with Gasteiger partial charge in [0.2, 0.25) is 0 Å². The zero-order chi connectivity index (χ0) is 27.0. The van der Waals surface area contributed by atoms with Gasteiger partial charge in [-0.2, -0.15) is 0 Å². The number of hydrogen-bond donors (Lipinski definition) is 2. The standard InChI is InChI=1S/C31H43FN2O3/c1-6-24(18-29(35)36)9-8-21(3)28-19-31(7-2,37-34-28)14-15-33-20-25-16-22(4)30(23(5)17-25)26-10-12-27(32)13-11-26/h8-10,12-13,16,25-26,33H,6-7,11,14-15,17-20H2,1-5H3,(H,35,36)/b21-8+,24-9+. The molecule has 3 aliphatic rings. The van der Waals surface area contributed by atoms with Crippen molar-refractivity contribution in [2.24, 2.45) is 17.0 Å². The molecule has 3 unspecified atom stereocenters. The highest BCUT2D eigenvalue weighted by Crippen LogP contribution is 2.37. The Bertz CT molecular complexity index is 1080. The monoisotopic (exact) mass is 510 g/mol. The Kier molecular flexibility index (Phi) is 10.3. The summed E-state index contributed by atoms with van der Waals surface area (Å²) in [6.45, 7) is 12.3. The predicted molar refractivity (Wildman–Crippen MR) is 149 cm³/mol. The molecule has 2 N–H and O–H groups in total. The van der Waals surface area contributed by atoms with Gasteiger partial charge < -0.3 is 15.3 Å². The van der Waals surface area contributed by atoms with Crippen LogP contribution in [-0.2, 0) is 9.63 Å². The first-order valence-electron chi connectivity index (χ1n) is 13.6. The molecule has 3 atom stereocenters. The summed E-state index contributed by atoms with van der Waals surface area (Å²) < 4.78 is 13.4. The van der Waals surface area contributed by atoms with E-state index in [1.54, 1.807) is 12.2 Å². The number of rotatable bonds is 12. The van der Waals surface area contributed by atoms with E-state index in [2.05, 4.69) is 37.3 Å². The minimum absolute atomic E-state index is 0.0646.